The highest BCUT2D eigenvalue weighted by atomic mass is 16.6. The van der Waals surface area contributed by atoms with Gasteiger partial charge in [0.2, 0.25) is 0 Å². The summed E-state index contributed by atoms with van der Waals surface area (Å²) in [5, 5.41) is 15.7. The fourth-order valence-corrected chi connectivity index (χ4v) is 2.35. The number of carbonyl (C=O) groups is 3. The predicted octanol–water partition coefficient (Wildman–Crippen LogP) is 2.07. The maximum absolute atomic E-state index is 12.0. The minimum atomic E-state index is -0.808. The van der Waals surface area contributed by atoms with E-state index in [0.29, 0.717) is 5.69 Å². The van der Waals surface area contributed by atoms with Gasteiger partial charge in [-0.1, -0.05) is 31.2 Å². The second-order valence-corrected chi connectivity index (χ2v) is 5.71. The van der Waals surface area contributed by atoms with Crippen molar-refractivity contribution >= 4 is 29.2 Å². The van der Waals surface area contributed by atoms with E-state index in [1.54, 1.807) is 12.1 Å². The number of para-hydroxylation sites is 1. The fraction of sp³-hybridized carbons (Fsp3) is 0.211. The summed E-state index contributed by atoms with van der Waals surface area (Å²) < 4.78 is 4.82. The molecule has 2 N–H and O–H groups in total. The molecule has 2 aromatic carbocycles. The average Bonchev–Trinajstić information content (AvgIpc) is 2.70. The maximum Gasteiger partial charge on any atom is 0.325 e. The molecule has 0 fully saturated rings. The van der Waals surface area contributed by atoms with E-state index in [1.165, 1.54) is 18.2 Å². The van der Waals surface area contributed by atoms with E-state index in [2.05, 4.69) is 10.6 Å². The Kier molecular flexibility index (Phi) is 7.21. The molecule has 28 heavy (non-hydrogen) atoms. The first-order valence-corrected chi connectivity index (χ1v) is 8.46. The van der Waals surface area contributed by atoms with E-state index in [0.717, 1.165) is 18.1 Å². The van der Waals surface area contributed by atoms with Crippen LogP contribution in [-0.2, 0) is 20.7 Å². The molecule has 0 bridgehead atoms. The van der Waals surface area contributed by atoms with Gasteiger partial charge in [-0.3, -0.25) is 24.5 Å². The van der Waals surface area contributed by atoms with E-state index in [-0.39, 0.29) is 11.3 Å². The Morgan fingerprint density at radius 2 is 1.86 bits per heavy atom. The number of non-ortho nitro benzene ring substituents is 1. The number of hydrogen-bond acceptors (Lipinski definition) is 6. The van der Waals surface area contributed by atoms with E-state index in [1.807, 2.05) is 19.1 Å². The van der Waals surface area contributed by atoms with Crippen LogP contribution in [0.5, 0.6) is 0 Å². The molecule has 2 aromatic rings. The molecule has 0 aromatic heterocycles. The molecule has 146 valence electrons. The minimum Gasteiger partial charge on any atom is -0.454 e. The van der Waals surface area contributed by atoms with Gasteiger partial charge in [0, 0.05) is 23.4 Å². The monoisotopic (exact) mass is 385 g/mol. The summed E-state index contributed by atoms with van der Waals surface area (Å²) >= 11 is 0. The van der Waals surface area contributed by atoms with Crippen molar-refractivity contribution in [1.29, 1.82) is 0 Å². The molecular weight excluding hydrogens is 366 g/mol. The van der Waals surface area contributed by atoms with Crippen LogP contribution in [0.4, 0.5) is 11.4 Å². The number of benzene rings is 2. The maximum atomic E-state index is 12.0. The molecule has 0 radical (unpaired) electrons. The first-order valence-electron chi connectivity index (χ1n) is 8.46. The normalized spacial score (nSPS) is 10.0. The number of aryl methyl sites for hydroxylation is 1. The molecule has 0 unspecified atom stereocenters. The largest absolute Gasteiger partial charge is 0.454 e. The molecule has 0 aliphatic carbocycles. The number of nitro groups is 1. The number of esters is 1. The lowest BCUT2D eigenvalue weighted by atomic mass is 10.1. The molecular formula is C19H19N3O6. The highest BCUT2D eigenvalue weighted by Gasteiger charge is 2.14. The third-order valence-electron chi connectivity index (χ3n) is 3.75. The Hall–Kier alpha value is -3.75. The predicted molar refractivity (Wildman–Crippen MR) is 101 cm³/mol. The third-order valence-corrected chi connectivity index (χ3v) is 3.75. The van der Waals surface area contributed by atoms with Crippen LogP contribution in [0.25, 0.3) is 0 Å². The molecule has 9 heteroatoms. The Labute approximate surface area is 160 Å². The van der Waals surface area contributed by atoms with Gasteiger partial charge in [0.1, 0.15) is 6.54 Å². The summed E-state index contributed by atoms with van der Waals surface area (Å²) in [7, 11) is 0. The second kappa shape index (κ2) is 9.81. The molecule has 9 nitrogen and oxygen atoms in total. The lowest BCUT2D eigenvalue weighted by molar-refractivity contribution is -0.384. The van der Waals surface area contributed by atoms with Crippen molar-refractivity contribution in [1.82, 2.24) is 5.32 Å². The molecule has 2 amide bonds. The minimum absolute atomic E-state index is 0.0379. The smallest absolute Gasteiger partial charge is 0.325 e. The number of anilines is 1. The zero-order chi connectivity index (χ0) is 20.5. The van der Waals surface area contributed by atoms with Gasteiger partial charge in [0.05, 0.1) is 4.92 Å². The third kappa shape index (κ3) is 5.90. The van der Waals surface area contributed by atoms with Gasteiger partial charge in [-0.2, -0.15) is 0 Å². The van der Waals surface area contributed by atoms with Crippen LogP contribution in [0.1, 0.15) is 22.8 Å². The highest BCUT2D eigenvalue weighted by molar-refractivity contribution is 5.97. The van der Waals surface area contributed by atoms with E-state index < -0.39 is 35.9 Å². The summed E-state index contributed by atoms with van der Waals surface area (Å²) in [5.74, 6) is -1.97. The number of carbonyl (C=O) groups excluding carboxylic acids is 3. The van der Waals surface area contributed by atoms with Crippen molar-refractivity contribution in [2.45, 2.75) is 13.3 Å². The van der Waals surface area contributed by atoms with E-state index in [9.17, 15) is 24.5 Å². The summed E-state index contributed by atoms with van der Waals surface area (Å²) in [5.41, 5.74) is 1.39. The molecule has 0 saturated carbocycles. The van der Waals surface area contributed by atoms with Gasteiger partial charge in [-0.25, -0.2) is 0 Å². The number of nitro benzene ring substituents is 1. The van der Waals surface area contributed by atoms with Gasteiger partial charge in [-0.05, 0) is 24.1 Å². The summed E-state index contributed by atoms with van der Waals surface area (Å²) in [6, 6.07) is 12.4. The van der Waals surface area contributed by atoms with Crippen LogP contribution in [0.15, 0.2) is 48.5 Å². The summed E-state index contributed by atoms with van der Waals surface area (Å²) in [6.45, 7) is 0.985. The first kappa shape index (κ1) is 20.6. The van der Waals surface area contributed by atoms with Crippen LogP contribution in [0.3, 0.4) is 0 Å². The number of nitrogens with one attached hydrogen (secondary N) is 2. The average molecular weight is 385 g/mol. The van der Waals surface area contributed by atoms with E-state index >= 15 is 0 Å². The summed E-state index contributed by atoms with van der Waals surface area (Å²) in [6.07, 6.45) is 0.736. The van der Waals surface area contributed by atoms with Crippen LogP contribution in [-0.4, -0.2) is 35.9 Å². The Morgan fingerprint density at radius 1 is 1.11 bits per heavy atom. The molecule has 0 atom stereocenters. The quantitative estimate of drug-likeness (QED) is 0.407. The molecule has 0 heterocycles. The van der Waals surface area contributed by atoms with Gasteiger partial charge in [-0.15, -0.1) is 0 Å². The molecule has 0 aliphatic heterocycles. The first-order chi connectivity index (χ1) is 13.4. The lowest BCUT2D eigenvalue weighted by Crippen LogP contribution is -2.32. The number of amides is 2. The lowest BCUT2D eigenvalue weighted by Gasteiger charge is -2.10. The van der Waals surface area contributed by atoms with Crippen LogP contribution >= 0.6 is 0 Å². The van der Waals surface area contributed by atoms with Crippen molar-refractivity contribution < 1.29 is 24.0 Å². The Bertz CT molecular complexity index is 897. The van der Waals surface area contributed by atoms with Crippen molar-refractivity contribution in [2.75, 3.05) is 18.5 Å². The zero-order valence-electron chi connectivity index (χ0n) is 15.1. The van der Waals surface area contributed by atoms with Gasteiger partial charge in [0.25, 0.3) is 17.5 Å². The van der Waals surface area contributed by atoms with E-state index in [4.69, 9.17) is 4.74 Å². The van der Waals surface area contributed by atoms with Crippen LogP contribution in [0, 0.1) is 10.1 Å². The van der Waals surface area contributed by atoms with Crippen LogP contribution in [0.2, 0.25) is 0 Å². The van der Waals surface area contributed by atoms with Crippen molar-refractivity contribution in [3.63, 3.8) is 0 Å². The van der Waals surface area contributed by atoms with Crippen molar-refractivity contribution in [2.24, 2.45) is 0 Å². The number of hydrogen-bond donors (Lipinski definition) is 2. The zero-order valence-corrected chi connectivity index (χ0v) is 15.1. The second-order valence-electron chi connectivity index (χ2n) is 5.71. The number of rotatable bonds is 8. The van der Waals surface area contributed by atoms with Gasteiger partial charge >= 0.3 is 5.97 Å². The SMILES string of the molecule is CCc1ccccc1NC(=O)COC(=O)CNC(=O)c1cccc([N+](=O)[O-])c1. The molecule has 0 saturated heterocycles. The van der Waals surface area contributed by atoms with Gasteiger partial charge in [0.15, 0.2) is 6.61 Å². The van der Waals surface area contributed by atoms with Crippen molar-refractivity contribution in [3.8, 4) is 0 Å². The van der Waals surface area contributed by atoms with Crippen LogP contribution < -0.4 is 10.6 Å². The summed E-state index contributed by atoms with van der Waals surface area (Å²) in [4.78, 5) is 45.7. The number of ether oxygens (including phenoxy) is 1. The van der Waals surface area contributed by atoms with Gasteiger partial charge < -0.3 is 15.4 Å². The topological polar surface area (TPSA) is 128 Å². The van der Waals surface area contributed by atoms with Crippen molar-refractivity contribution in [3.05, 3.63) is 69.8 Å². The standard InChI is InChI=1S/C19H19N3O6/c1-2-13-6-3-4-9-16(13)21-17(23)12-28-18(24)11-20-19(25)14-7-5-8-15(10-14)22(26)27/h3-10H,2,11-12H2,1H3,(H,20,25)(H,21,23). The Balaban J connectivity index is 1.79. The molecule has 0 spiro atoms. The fourth-order valence-electron chi connectivity index (χ4n) is 2.35. The molecule has 0 aliphatic rings. The highest BCUT2D eigenvalue weighted by Crippen LogP contribution is 2.15. The molecule has 2 rings (SSSR count). The number of nitrogens with zero attached hydrogens (tertiary/aromatic N) is 1. The Morgan fingerprint density at radius 3 is 2.57 bits per heavy atom.